The monoisotopic (exact) mass is 245 g/mol. The highest BCUT2D eigenvalue weighted by Crippen LogP contribution is 2.35. The molecule has 5 nitrogen and oxygen atoms in total. The molecule has 17 heavy (non-hydrogen) atoms. The second-order valence-electron chi connectivity index (χ2n) is 5.10. The van der Waals surface area contributed by atoms with Gasteiger partial charge in [0, 0.05) is 25.1 Å². The van der Waals surface area contributed by atoms with Crippen molar-refractivity contribution in [2.75, 3.05) is 19.7 Å². The summed E-state index contributed by atoms with van der Waals surface area (Å²) in [6.45, 7) is 1.09. The Bertz CT molecular complexity index is 239. The van der Waals surface area contributed by atoms with E-state index in [9.17, 15) is 15.0 Å². The third-order valence-electron chi connectivity index (χ3n) is 3.54. The lowest BCUT2D eigenvalue weighted by atomic mass is 9.74. The van der Waals surface area contributed by atoms with Crippen LogP contribution in [0.5, 0.6) is 0 Å². The fraction of sp³-hybridized carbons (Fsp3) is 0.917. The van der Waals surface area contributed by atoms with Crippen LogP contribution in [0.1, 0.15) is 38.5 Å². The minimum absolute atomic E-state index is 0.0683. The number of carbonyl (C=O) groups is 1. The number of rotatable bonds is 7. The molecule has 0 heterocycles. The van der Waals surface area contributed by atoms with Crippen LogP contribution in [-0.4, -0.2) is 47.1 Å². The van der Waals surface area contributed by atoms with E-state index >= 15 is 0 Å². The zero-order valence-electron chi connectivity index (χ0n) is 10.2. The highest BCUT2D eigenvalue weighted by atomic mass is 16.4. The number of nitrogens with one attached hydrogen (secondary N) is 1. The summed E-state index contributed by atoms with van der Waals surface area (Å²) in [4.78, 5) is 10.4. The second kappa shape index (κ2) is 6.93. The highest BCUT2D eigenvalue weighted by Gasteiger charge is 2.30. The molecule has 1 fully saturated rings. The standard InChI is InChI=1S/C12H23NO4/c14-9-12(4-2-1-3-5-12)8-13-7-10(15)6-11(16)17/h10,13-15H,1-9H2,(H,16,17). The number of aliphatic hydroxyl groups is 2. The Morgan fingerprint density at radius 3 is 2.47 bits per heavy atom. The molecule has 1 atom stereocenters. The lowest BCUT2D eigenvalue weighted by molar-refractivity contribution is -0.139. The Balaban J connectivity index is 2.25. The molecule has 100 valence electrons. The first-order valence-corrected chi connectivity index (χ1v) is 6.29. The number of hydrogen-bond acceptors (Lipinski definition) is 4. The van der Waals surface area contributed by atoms with Crippen LogP contribution >= 0.6 is 0 Å². The summed E-state index contributed by atoms with van der Waals surface area (Å²) >= 11 is 0. The molecule has 0 spiro atoms. The molecule has 0 saturated heterocycles. The van der Waals surface area contributed by atoms with E-state index in [1.807, 2.05) is 0 Å². The van der Waals surface area contributed by atoms with Gasteiger partial charge in [-0.2, -0.15) is 0 Å². The average Bonchev–Trinajstić information content (AvgIpc) is 2.29. The Morgan fingerprint density at radius 1 is 1.29 bits per heavy atom. The first-order chi connectivity index (χ1) is 8.08. The van der Waals surface area contributed by atoms with Crippen molar-refractivity contribution in [2.24, 2.45) is 5.41 Å². The summed E-state index contributed by atoms with van der Waals surface area (Å²) in [5.74, 6) is -0.992. The van der Waals surface area contributed by atoms with Crippen molar-refractivity contribution in [1.29, 1.82) is 0 Å². The van der Waals surface area contributed by atoms with Crippen molar-refractivity contribution >= 4 is 5.97 Å². The van der Waals surface area contributed by atoms with Gasteiger partial charge in [-0.3, -0.25) is 4.79 Å². The molecule has 1 unspecified atom stereocenters. The van der Waals surface area contributed by atoms with Gasteiger partial charge in [0.15, 0.2) is 0 Å². The smallest absolute Gasteiger partial charge is 0.306 e. The molecule has 0 aromatic rings. The van der Waals surface area contributed by atoms with Gasteiger partial charge in [0.2, 0.25) is 0 Å². The van der Waals surface area contributed by atoms with E-state index in [1.165, 1.54) is 6.42 Å². The van der Waals surface area contributed by atoms with Gasteiger partial charge in [-0.15, -0.1) is 0 Å². The summed E-state index contributed by atoms with van der Waals surface area (Å²) in [5, 5.41) is 30.4. The van der Waals surface area contributed by atoms with Crippen molar-refractivity contribution in [2.45, 2.75) is 44.6 Å². The summed E-state index contributed by atoms with van der Waals surface area (Å²) < 4.78 is 0. The van der Waals surface area contributed by atoms with E-state index in [2.05, 4.69) is 5.32 Å². The van der Waals surface area contributed by atoms with Gasteiger partial charge in [-0.05, 0) is 12.8 Å². The van der Waals surface area contributed by atoms with Crippen LogP contribution in [0.15, 0.2) is 0 Å². The molecule has 1 saturated carbocycles. The zero-order valence-corrected chi connectivity index (χ0v) is 10.2. The normalized spacial score (nSPS) is 21.1. The molecule has 1 aliphatic rings. The molecule has 4 N–H and O–H groups in total. The minimum atomic E-state index is -0.992. The van der Waals surface area contributed by atoms with Gasteiger partial charge in [-0.1, -0.05) is 19.3 Å². The lowest BCUT2D eigenvalue weighted by Crippen LogP contribution is -2.41. The van der Waals surface area contributed by atoms with Crippen LogP contribution < -0.4 is 5.32 Å². The maximum Gasteiger partial charge on any atom is 0.306 e. The molecular weight excluding hydrogens is 222 g/mol. The summed E-state index contributed by atoms with van der Waals surface area (Å²) in [7, 11) is 0. The van der Waals surface area contributed by atoms with E-state index in [1.54, 1.807) is 0 Å². The summed E-state index contributed by atoms with van der Waals surface area (Å²) in [5.41, 5.74) is -0.0683. The summed E-state index contributed by atoms with van der Waals surface area (Å²) in [6, 6.07) is 0. The molecule has 0 amide bonds. The molecule has 5 heteroatoms. The molecular formula is C12H23NO4. The summed E-state index contributed by atoms with van der Waals surface area (Å²) in [6.07, 6.45) is 4.42. The molecule has 0 bridgehead atoms. The fourth-order valence-corrected chi connectivity index (χ4v) is 2.47. The van der Waals surface area contributed by atoms with Crippen molar-refractivity contribution in [3.63, 3.8) is 0 Å². The van der Waals surface area contributed by atoms with Crippen molar-refractivity contribution in [3.8, 4) is 0 Å². The van der Waals surface area contributed by atoms with Gasteiger partial charge in [0.1, 0.15) is 0 Å². The van der Waals surface area contributed by atoms with Gasteiger partial charge in [0.25, 0.3) is 0 Å². The Kier molecular flexibility index (Phi) is 5.88. The fourth-order valence-electron chi connectivity index (χ4n) is 2.47. The molecule has 0 radical (unpaired) electrons. The zero-order chi connectivity index (χ0) is 12.7. The van der Waals surface area contributed by atoms with Crippen LogP contribution in [0.25, 0.3) is 0 Å². The Labute approximate surface area is 102 Å². The Morgan fingerprint density at radius 2 is 1.94 bits per heavy atom. The largest absolute Gasteiger partial charge is 0.481 e. The topological polar surface area (TPSA) is 89.8 Å². The van der Waals surface area contributed by atoms with E-state index in [-0.39, 0.29) is 25.0 Å². The number of aliphatic carboxylic acids is 1. The minimum Gasteiger partial charge on any atom is -0.481 e. The maximum atomic E-state index is 10.4. The molecule has 0 aromatic heterocycles. The first kappa shape index (κ1) is 14.4. The van der Waals surface area contributed by atoms with Gasteiger partial charge in [-0.25, -0.2) is 0 Å². The molecule has 0 aliphatic heterocycles. The third kappa shape index (κ3) is 5.02. The average molecular weight is 245 g/mol. The quantitative estimate of drug-likeness (QED) is 0.520. The number of carboxylic acid groups (broad SMARTS) is 1. The lowest BCUT2D eigenvalue weighted by Gasteiger charge is -2.36. The Hall–Kier alpha value is -0.650. The maximum absolute atomic E-state index is 10.4. The van der Waals surface area contributed by atoms with E-state index < -0.39 is 12.1 Å². The van der Waals surface area contributed by atoms with Gasteiger partial charge in [0.05, 0.1) is 12.5 Å². The van der Waals surface area contributed by atoms with E-state index in [0.717, 1.165) is 25.7 Å². The molecule has 0 aromatic carbocycles. The molecule has 1 aliphatic carbocycles. The van der Waals surface area contributed by atoms with E-state index in [0.29, 0.717) is 6.54 Å². The highest BCUT2D eigenvalue weighted by molar-refractivity contribution is 5.67. The predicted octanol–water partition coefficient (Wildman–Crippen LogP) is 0.354. The number of hydrogen-bond donors (Lipinski definition) is 4. The molecule has 1 rings (SSSR count). The SMILES string of the molecule is O=C(O)CC(O)CNCC1(CO)CCCCC1. The van der Waals surface area contributed by atoms with Crippen LogP contribution in [0.3, 0.4) is 0 Å². The van der Waals surface area contributed by atoms with Gasteiger partial charge >= 0.3 is 5.97 Å². The van der Waals surface area contributed by atoms with E-state index in [4.69, 9.17) is 5.11 Å². The van der Waals surface area contributed by atoms with Crippen molar-refractivity contribution in [3.05, 3.63) is 0 Å². The predicted molar refractivity (Wildman–Crippen MR) is 63.7 cm³/mol. The number of aliphatic hydroxyl groups excluding tert-OH is 2. The van der Waals surface area contributed by atoms with Crippen molar-refractivity contribution < 1.29 is 20.1 Å². The first-order valence-electron chi connectivity index (χ1n) is 6.29. The number of carboxylic acids is 1. The van der Waals surface area contributed by atoms with Crippen molar-refractivity contribution in [1.82, 2.24) is 5.32 Å². The van der Waals surface area contributed by atoms with Gasteiger partial charge < -0.3 is 20.6 Å². The van der Waals surface area contributed by atoms with Crippen LogP contribution in [0.4, 0.5) is 0 Å². The second-order valence-corrected chi connectivity index (χ2v) is 5.10. The van der Waals surface area contributed by atoms with Crippen LogP contribution in [0.2, 0.25) is 0 Å². The van der Waals surface area contributed by atoms with Crippen LogP contribution in [0, 0.1) is 5.41 Å². The van der Waals surface area contributed by atoms with Crippen LogP contribution in [-0.2, 0) is 4.79 Å². The third-order valence-corrected chi connectivity index (χ3v) is 3.54.